The molecule has 0 saturated carbocycles. The fourth-order valence-corrected chi connectivity index (χ4v) is 1.87. The highest BCUT2D eigenvalue weighted by molar-refractivity contribution is 9.10. The van der Waals surface area contributed by atoms with Crippen LogP contribution in [0.2, 0.25) is 0 Å². The number of halogens is 1. The molecule has 0 aliphatic rings. The van der Waals surface area contributed by atoms with Crippen LogP contribution in [0.5, 0.6) is 0 Å². The van der Waals surface area contributed by atoms with Gasteiger partial charge in [0.15, 0.2) is 5.13 Å². The second kappa shape index (κ2) is 3.39. The van der Waals surface area contributed by atoms with E-state index in [0.717, 1.165) is 15.9 Å². The number of hydrogen-bond donors (Lipinski definition) is 1. The van der Waals surface area contributed by atoms with Crippen LogP contribution in [0.25, 0.3) is 11.4 Å². The first kappa shape index (κ1) is 8.58. The van der Waals surface area contributed by atoms with Crippen molar-refractivity contribution in [1.29, 1.82) is 0 Å². The van der Waals surface area contributed by atoms with Crippen LogP contribution in [0.3, 0.4) is 0 Å². The minimum Gasteiger partial charge on any atom is -0.375 e. The number of anilines is 1. The maximum absolute atomic E-state index is 5.51. The van der Waals surface area contributed by atoms with Crippen molar-refractivity contribution in [2.75, 3.05) is 5.73 Å². The first-order chi connectivity index (χ1) is 6.27. The van der Waals surface area contributed by atoms with Gasteiger partial charge in [-0.25, -0.2) is 15.0 Å². The van der Waals surface area contributed by atoms with Crippen LogP contribution >= 0.6 is 27.3 Å². The fourth-order valence-electron chi connectivity index (χ4n) is 0.898. The summed E-state index contributed by atoms with van der Waals surface area (Å²) >= 11 is 4.73. The summed E-state index contributed by atoms with van der Waals surface area (Å²) in [5, 5.41) is 2.41. The summed E-state index contributed by atoms with van der Waals surface area (Å²) < 4.78 is 0.820. The van der Waals surface area contributed by atoms with E-state index in [2.05, 4.69) is 30.9 Å². The van der Waals surface area contributed by atoms with Gasteiger partial charge < -0.3 is 5.73 Å². The molecule has 6 heteroatoms. The minimum atomic E-state index is 0.542. The summed E-state index contributed by atoms with van der Waals surface area (Å²) in [5.41, 5.74) is 7.06. The zero-order valence-electron chi connectivity index (χ0n) is 6.44. The number of nitrogens with two attached hydrogens (primary N) is 1. The lowest BCUT2D eigenvalue weighted by atomic mass is 10.3. The molecular weight excluding hydrogens is 252 g/mol. The van der Waals surface area contributed by atoms with Crippen LogP contribution in [0, 0.1) is 0 Å². The molecule has 0 atom stereocenters. The van der Waals surface area contributed by atoms with Crippen molar-refractivity contribution in [3.05, 3.63) is 22.4 Å². The van der Waals surface area contributed by atoms with Gasteiger partial charge in [-0.15, -0.1) is 11.3 Å². The van der Waals surface area contributed by atoms with Crippen molar-refractivity contribution < 1.29 is 0 Å². The molecule has 2 aromatic rings. The number of hydrogen-bond acceptors (Lipinski definition) is 5. The summed E-state index contributed by atoms with van der Waals surface area (Å²) in [6, 6.07) is 0. The molecule has 0 aliphatic heterocycles. The highest BCUT2D eigenvalue weighted by atomic mass is 79.9. The Morgan fingerprint density at radius 3 is 2.92 bits per heavy atom. The van der Waals surface area contributed by atoms with Crippen molar-refractivity contribution >= 4 is 32.4 Å². The molecule has 2 N–H and O–H groups in total. The Morgan fingerprint density at radius 1 is 1.46 bits per heavy atom. The van der Waals surface area contributed by atoms with Gasteiger partial charge in [-0.1, -0.05) is 0 Å². The highest BCUT2D eigenvalue weighted by Gasteiger charge is 2.07. The first-order valence-electron chi connectivity index (χ1n) is 3.44. The predicted molar refractivity (Wildman–Crippen MR) is 55.3 cm³/mol. The Hall–Kier alpha value is -1.01. The van der Waals surface area contributed by atoms with Gasteiger partial charge >= 0.3 is 0 Å². The summed E-state index contributed by atoms with van der Waals surface area (Å²) in [4.78, 5) is 12.1. The molecule has 0 fully saturated rings. The molecule has 0 radical (unpaired) electrons. The van der Waals surface area contributed by atoms with Gasteiger partial charge in [0.25, 0.3) is 0 Å². The zero-order chi connectivity index (χ0) is 9.26. The molecule has 0 unspecified atom stereocenters. The normalized spacial score (nSPS) is 10.2. The van der Waals surface area contributed by atoms with Crippen LogP contribution in [-0.2, 0) is 0 Å². The van der Waals surface area contributed by atoms with Gasteiger partial charge in [0.05, 0.1) is 4.47 Å². The van der Waals surface area contributed by atoms with Crippen molar-refractivity contribution in [2.24, 2.45) is 0 Å². The van der Waals surface area contributed by atoms with Crippen LogP contribution < -0.4 is 5.73 Å². The average Bonchev–Trinajstić information content (AvgIpc) is 2.53. The summed E-state index contributed by atoms with van der Waals surface area (Å²) in [7, 11) is 0. The van der Waals surface area contributed by atoms with Crippen molar-refractivity contribution in [3.8, 4) is 11.4 Å². The van der Waals surface area contributed by atoms with Crippen LogP contribution in [-0.4, -0.2) is 15.0 Å². The number of nitrogen functional groups attached to an aromatic ring is 1. The first-order valence-corrected chi connectivity index (χ1v) is 5.11. The smallest absolute Gasteiger partial charge is 0.180 e. The van der Waals surface area contributed by atoms with Gasteiger partial charge in [0.2, 0.25) is 0 Å². The maximum atomic E-state index is 5.51. The van der Waals surface area contributed by atoms with Crippen LogP contribution in [0.15, 0.2) is 22.4 Å². The third-order valence-electron chi connectivity index (χ3n) is 1.43. The van der Waals surface area contributed by atoms with E-state index in [9.17, 15) is 0 Å². The summed E-state index contributed by atoms with van der Waals surface area (Å²) in [6.45, 7) is 0. The SMILES string of the molecule is Nc1nc(-c2ncncc2Br)cs1. The average molecular weight is 257 g/mol. The van der Waals surface area contributed by atoms with E-state index in [1.165, 1.54) is 17.7 Å². The number of thiazole rings is 1. The Labute approximate surface area is 87.0 Å². The van der Waals surface area contributed by atoms with E-state index < -0.39 is 0 Å². The van der Waals surface area contributed by atoms with E-state index in [-0.39, 0.29) is 0 Å². The molecule has 0 spiro atoms. The highest BCUT2D eigenvalue weighted by Crippen LogP contribution is 2.26. The molecule has 0 bridgehead atoms. The van der Waals surface area contributed by atoms with E-state index >= 15 is 0 Å². The van der Waals surface area contributed by atoms with Gasteiger partial charge in [-0.05, 0) is 15.9 Å². The third-order valence-corrected chi connectivity index (χ3v) is 2.69. The van der Waals surface area contributed by atoms with Crippen LogP contribution in [0.4, 0.5) is 5.13 Å². The molecule has 0 saturated heterocycles. The largest absolute Gasteiger partial charge is 0.375 e. The maximum Gasteiger partial charge on any atom is 0.180 e. The lowest BCUT2D eigenvalue weighted by Gasteiger charge is -1.96. The quantitative estimate of drug-likeness (QED) is 0.847. The monoisotopic (exact) mass is 256 g/mol. The van der Waals surface area contributed by atoms with Crippen molar-refractivity contribution in [3.63, 3.8) is 0 Å². The Bertz CT molecular complexity index is 428. The molecule has 0 aromatic carbocycles. The number of rotatable bonds is 1. The molecular formula is C7H5BrN4S. The van der Waals surface area contributed by atoms with E-state index in [4.69, 9.17) is 5.73 Å². The summed E-state index contributed by atoms with van der Waals surface area (Å²) in [5.74, 6) is 0. The standard InChI is InChI=1S/C7H5BrN4S/c8-4-1-10-3-11-6(4)5-2-13-7(9)12-5/h1-3H,(H2,9,12). The molecule has 2 rings (SSSR count). The summed E-state index contributed by atoms with van der Waals surface area (Å²) in [6.07, 6.45) is 3.16. The predicted octanol–water partition coefficient (Wildman–Crippen LogP) is 1.94. The second-order valence-electron chi connectivity index (χ2n) is 2.29. The second-order valence-corrected chi connectivity index (χ2v) is 4.03. The zero-order valence-corrected chi connectivity index (χ0v) is 8.84. The van der Waals surface area contributed by atoms with Gasteiger partial charge in [0.1, 0.15) is 17.7 Å². The topological polar surface area (TPSA) is 64.7 Å². The Morgan fingerprint density at radius 2 is 2.31 bits per heavy atom. The van der Waals surface area contributed by atoms with Gasteiger partial charge in [0, 0.05) is 11.6 Å². The van der Waals surface area contributed by atoms with Gasteiger partial charge in [-0.2, -0.15) is 0 Å². The molecule has 66 valence electrons. The number of aromatic nitrogens is 3. The lowest BCUT2D eigenvalue weighted by Crippen LogP contribution is -1.88. The molecule has 13 heavy (non-hydrogen) atoms. The molecule has 4 nitrogen and oxygen atoms in total. The molecule has 0 amide bonds. The van der Waals surface area contributed by atoms with E-state index in [1.54, 1.807) is 6.20 Å². The minimum absolute atomic E-state index is 0.542. The van der Waals surface area contributed by atoms with Crippen molar-refractivity contribution in [1.82, 2.24) is 15.0 Å². The molecule has 0 aliphatic carbocycles. The molecule has 2 heterocycles. The Balaban J connectivity index is 2.52. The lowest BCUT2D eigenvalue weighted by molar-refractivity contribution is 1.14. The molecule has 2 aromatic heterocycles. The van der Waals surface area contributed by atoms with Gasteiger partial charge in [-0.3, -0.25) is 0 Å². The van der Waals surface area contributed by atoms with E-state index in [1.807, 2.05) is 5.38 Å². The fraction of sp³-hybridized carbons (Fsp3) is 0. The Kier molecular flexibility index (Phi) is 2.24. The number of nitrogens with zero attached hydrogens (tertiary/aromatic N) is 3. The van der Waals surface area contributed by atoms with E-state index in [0.29, 0.717) is 5.13 Å². The van der Waals surface area contributed by atoms with Crippen molar-refractivity contribution in [2.45, 2.75) is 0 Å². The van der Waals surface area contributed by atoms with Crippen LogP contribution in [0.1, 0.15) is 0 Å². The third kappa shape index (κ3) is 1.68.